The molecule has 0 aliphatic carbocycles. The molecule has 0 bridgehead atoms. The number of nitrogens with zero attached hydrogens (tertiary/aromatic N) is 2. The van der Waals surface area contributed by atoms with Crippen LogP contribution < -0.4 is 5.32 Å². The summed E-state index contributed by atoms with van der Waals surface area (Å²) in [6.45, 7) is 5.49. The standard InChI is InChI=1S/C10H15N3OS/c1-8-6-13(4-2-11-8)7-9(14)10-12-3-5-15-10/h3,5,8,11H,2,4,6-7H2,1H3/t8-/m0/s1. The van der Waals surface area contributed by atoms with Crippen molar-refractivity contribution in [1.82, 2.24) is 15.2 Å². The number of Topliss-reactive ketones (excluding diaryl/α,β-unsaturated/α-hetero) is 1. The van der Waals surface area contributed by atoms with Crippen molar-refractivity contribution >= 4 is 17.1 Å². The fourth-order valence-corrected chi connectivity index (χ4v) is 2.36. The molecular formula is C10H15N3OS. The zero-order chi connectivity index (χ0) is 10.7. The van der Waals surface area contributed by atoms with E-state index in [0.29, 0.717) is 17.6 Å². The summed E-state index contributed by atoms with van der Waals surface area (Å²) in [6, 6.07) is 0.475. The van der Waals surface area contributed by atoms with E-state index in [1.165, 1.54) is 11.3 Å². The highest BCUT2D eigenvalue weighted by Gasteiger charge is 2.19. The van der Waals surface area contributed by atoms with Crippen LogP contribution in [0.3, 0.4) is 0 Å². The van der Waals surface area contributed by atoms with Gasteiger partial charge < -0.3 is 5.32 Å². The van der Waals surface area contributed by atoms with E-state index in [0.717, 1.165) is 19.6 Å². The first-order chi connectivity index (χ1) is 7.25. The lowest BCUT2D eigenvalue weighted by atomic mass is 10.2. The van der Waals surface area contributed by atoms with Crippen LogP contribution in [-0.4, -0.2) is 47.9 Å². The van der Waals surface area contributed by atoms with E-state index >= 15 is 0 Å². The highest BCUT2D eigenvalue weighted by Crippen LogP contribution is 2.07. The minimum Gasteiger partial charge on any atom is -0.312 e. The third-order valence-corrected chi connectivity index (χ3v) is 3.31. The van der Waals surface area contributed by atoms with Crippen molar-refractivity contribution in [1.29, 1.82) is 0 Å². The van der Waals surface area contributed by atoms with Crippen molar-refractivity contribution in [3.63, 3.8) is 0 Å². The van der Waals surface area contributed by atoms with Gasteiger partial charge in [0.2, 0.25) is 5.78 Å². The Morgan fingerprint density at radius 2 is 2.67 bits per heavy atom. The molecule has 1 saturated heterocycles. The van der Waals surface area contributed by atoms with Crippen LogP contribution in [0.1, 0.15) is 16.7 Å². The maximum absolute atomic E-state index is 11.8. The van der Waals surface area contributed by atoms with Crippen molar-refractivity contribution in [3.05, 3.63) is 16.6 Å². The summed E-state index contributed by atoms with van der Waals surface area (Å²) in [6.07, 6.45) is 1.68. The number of carbonyl (C=O) groups is 1. The number of hydrogen-bond acceptors (Lipinski definition) is 5. The van der Waals surface area contributed by atoms with Crippen molar-refractivity contribution in [2.45, 2.75) is 13.0 Å². The van der Waals surface area contributed by atoms with E-state index in [2.05, 4.69) is 22.1 Å². The molecule has 1 N–H and O–H groups in total. The van der Waals surface area contributed by atoms with Crippen LogP contribution in [0.4, 0.5) is 0 Å². The van der Waals surface area contributed by atoms with Crippen LogP contribution in [0.2, 0.25) is 0 Å². The summed E-state index contributed by atoms with van der Waals surface area (Å²) >= 11 is 1.42. The van der Waals surface area contributed by atoms with Gasteiger partial charge in [-0.05, 0) is 6.92 Å². The van der Waals surface area contributed by atoms with E-state index < -0.39 is 0 Å². The number of ketones is 1. The Bertz CT molecular complexity index is 325. The van der Waals surface area contributed by atoms with Gasteiger partial charge in [-0.1, -0.05) is 0 Å². The Kier molecular flexibility index (Phi) is 3.45. The molecular weight excluding hydrogens is 210 g/mol. The second kappa shape index (κ2) is 4.83. The number of nitrogens with one attached hydrogen (secondary N) is 1. The summed E-state index contributed by atoms with van der Waals surface area (Å²) in [4.78, 5) is 18.0. The maximum Gasteiger partial charge on any atom is 0.205 e. The van der Waals surface area contributed by atoms with Crippen LogP contribution in [0, 0.1) is 0 Å². The maximum atomic E-state index is 11.8. The van der Waals surface area contributed by atoms with Crippen molar-refractivity contribution in [3.8, 4) is 0 Å². The number of carbonyl (C=O) groups excluding carboxylic acids is 1. The van der Waals surface area contributed by atoms with E-state index in [9.17, 15) is 4.79 Å². The Morgan fingerprint density at radius 1 is 1.80 bits per heavy atom. The summed E-state index contributed by atoms with van der Waals surface area (Å²) in [5.74, 6) is 0.138. The normalized spacial score (nSPS) is 22.9. The molecule has 0 unspecified atom stereocenters. The number of hydrogen-bond donors (Lipinski definition) is 1. The van der Waals surface area contributed by atoms with Gasteiger partial charge in [0.25, 0.3) is 0 Å². The molecule has 5 heteroatoms. The molecule has 1 fully saturated rings. The van der Waals surface area contributed by atoms with Gasteiger partial charge in [0.15, 0.2) is 5.01 Å². The predicted octanol–water partition coefficient (Wildman–Crippen LogP) is 0.619. The summed E-state index contributed by atoms with van der Waals surface area (Å²) in [5.41, 5.74) is 0. The third-order valence-electron chi connectivity index (χ3n) is 2.49. The lowest BCUT2D eigenvalue weighted by molar-refractivity contribution is 0.0908. The molecule has 0 amide bonds. The molecule has 1 aromatic rings. The molecule has 0 saturated carbocycles. The number of thiazole rings is 1. The van der Waals surface area contributed by atoms with E-state index in [1.54, 1.807) is 6.20 Å². The molecule has 1 aliphatic heterocycles. The SMILES string of the molecule is C[C@H]1CN(CC(=O)c2nccs2)CCN1. The van der Waals surface area contributed by atoms with Crippen LogP contribution in [0.25, 0.3) is 0 Å². The second-order valence-corrected chi connectivity index (χ2v) is 4.75. The fourth-order valence-electron chi connectivity index (χ4n) is 1.79. The first kappa shape index (κ1) is 10.7. The van der Waals surface area contributed by atoms with Gasteiger partial charge in [-0.2, -0.15) is 0 Å². The van der Waals surface area contributed by atoms with Crippen LogP contribution in [0.15, 0.2) is 11.6 Å². The van der Waals surface area contributed by atoms with Gasteiger partial charge >= 0.3 is 0 Å². The smallest absolute Gasteiger partial charge is 0.205 e. The second-order valence-electron chi connectivity index (χ2n) is 3.85. The molecule has 1 aromatic heterocycles. The molecule has 2 heterocycles. The first-order valence-corrected chi connectivity index (χ1v) is 6.02. The zero-order valence-corrected chi connectivity index (χ0v) is 9.59. The van der Waals surface area contributed by atoms with Crippen LogP contribution >= 0.6 is 11.3 Å². The molecule has 15 heavy (non-hydrogen) atoms. The van der Waals surface area contributed by atoms with Crippen molar-refractivity contribution in [2.24, 2.45) is 0 Å². The highest BCUT2D eigenvalue weighted by molar-refractivity contribution is 7.11. The minimum absolute atomic E-state index is 0.138. The summed E-state index contributed by atoms with van der Waals surface area (Å²) in [5, 5.41) is 5.82. The van der Waals surface area contributed by atoms with Crippen molar-refractivity contribution < 1.29 is 4.79 Å². The summed E-state index contributed by atoms with van der Waals surface area (Å²) < 4.78 is 0. The van der Waals surface area contributed by atoms with Gasteiger partial charge in [0, 0.05) is 37.3 Å². The fraction of sp³-hybridized carbons (Fsp3) is 0.600. The zero-order valence-electron chi connectivity index (χ0n) is 8.77. The largest absolute Gasteiger partial charge is 0.312 e. The van der Waals surface area contributed by atoms with Crippen molar-refractivity contribution in [2.75, 3.05) is 26.2 Å². The van der Waals surface area contributed by atoms with Crippen LogP contribution in [-0.2, 0) is 0 Å². The van der Waals surface area contributed by atoms with Crippen LogP contribution in [0.5, 0.6) is 0 Å². The van der Waals surface area contributed by atoms with Gasteiger partial charge in [-0.15, -0.1) is 11.3 Å². The average molecular weight is 225 g/mol. The molecule has 1 atom stereocenters. The first-order valence-electron chi connectivity index (χ1n) is 5.14. The monoisotopic (exact) mass is 225 g/mol. The Morgan fingerprint density at radius 3 is 3.33 bits per heavy atom. The molecule has 0 spiro atoms. The molecule has 0 aromatic carbocycles. The summed E-state index contributed by atoms with van der Waals surface area (Å²) in [7, 11) is 0. The molecule has 4 nitrogen and oxygen atoms in total. The lowest BCUT2D eigenvalue weighted by Gasteiger charge is -2.30. The molecule has 2 rings (SSSR count). The molecule has 1 aliphatic rings. The highest BCUT2D eigenvalue weighted by atomic mass is 32.1. The topological polar surface area (TPSA) is 45.2 Å². The Labute approximate surface area is 93.3 Å². The number of aromatic nitrogens is 1. The van der Waals surface area contributed by atoms with Gasteiger partial charge in [-0.3, -0.25) is 9.69 Å². The van der Waals surface area contributed by atoms with E-state index in [4.69, 9.17) is 0 Å². The van der Waals surface area contributed by atoms with Gasteiger partial charge in [0.05, 0.1) is 6.54 Å². The third kappa shape index (κ3) is 2.84. The van der Waals surface area contributed by atoms with E-state index in [-0.39, 0.29) is 5.78 Å². The molecule has 0 radical (unpaired) electrons. The quantitative estimate of drug-likeness (QED) is 0.766. The number of piperazine rings is 1. The Balaban J connectivity index is 1.89. The predicted molar refractivity (Wildman–Crippen MR) is 60.3 cm³/mol. The number of rotatable bonds is 3. The lowest BCUT2D eigenvalue weighted by Crippen LogP contribution is -2.50. The van der Waals surface area contributed by atoms with Gasteiger partial charge in [-0.25, -0.2) is 4.98 Å². The average Bonchev–Trinajstić information content (AvgIpc) is 2.70. The Hall–Kier alpha value is -0.780. The minimum atomic E-state index is 0.138. The molecule has 82 valence electrons. The van der Waals surface area contributed by atoms with E-state index in [1.807, 2.05) is 5.38 Å². The van der Waals surface area contributed by atoms with Gasteiger partial charge in [0.1, 0.15) is 0 Å².